The van der Waals surface area contributed by atoms with Gasteiger partial charge in [-0.25, -0.2) is 0 Å². The topological polar surface area (TPSA) is 50.8 Å². The van der Waals surface area contributed by atoms with Gasteiger partial charge in [0.05, 0.1) is 7.11 Å². The Balaban J connectivity index is 1.77. The van der Waals surface area contributed by atoms with E-state index in [4.69, 9.17) is 9.47 Å². The van der Waals surface area contributed by atoms with Gasteiger partial charge < -0.3 is 19.7 Å². The summed E-state index contributed by atoms with van der Waals surface area (Å²) in [5, 5.41) is 2.95. The van der Waals surface area contributed by atoms with Crippen molar-refractivity contribution >= 4 is 5.91 Å². The Morgan fingerprint density at radius 3 is 2.67 bits per heavy atom. The fraction of sp³-hybridized carbons (Fsp3) is 0.318. The van der Waals surface area contributed by atoms with Crippen molar-refractivity contribution in [3.05, 3.63) is 72.3 Å². The van der Waals surface area contributed by atoms with Crippen molar-refractivity contribution in [2.75, 3.05) is 33.9 Å². The quantitative estimate of drug-likeness (QED) is 0.487. The number of hydrogen-bond donors (Lipinski definition) is 1. The second kappa shape index (κ2) is 11.0. The number of nitrogens with zero attached hydrogens (tertiary/aromatic N) is 1. The first kappa shape index (κ1) is 20.5. The van der Waals surface area contributed by atoms with Crippen molar-refractivity contribution in [2.24, 2.45) is 0 Å². The number of carbonyl (C=O) groups is 1. The molecule has 0 bridgehead atoms. The fourth-order valence-corrected chi connectivity index (χ4v) is 2.70. The lowest BCUT2D eigenvalue weighted by Gasteiger charge is -2.17. The van der Waals surface area contributed by atoms with E-state index < -0.39 is 0 Å². The molecule has 2 rings (SSSR count). The molecule has 5 nitrogen and oxygen atoms in total. The molecule has 0 aliphatic heterocycles. The van der Waals surface area contributed by atoms with E-state index >= 15 is 0 Å². The molecule has 0 aliphatic carbocycles. The molecule has 5 heteroatoms. The monoisotopic (exact) mass is 368 g/mol. The third-order valence-electron chi connectivity index (χ3n) is 4.08. The molecule has 0 aliphatic rings. The van der Waals surface area contributed by atoms with Crippen molar-refractivity contribution < 1.29 is 14.3 Å². The maximum absolute atomic E-state index is 12.3. The van der Waals surface area contributed by atoms with Crippen LogP contribution in [0.15, 0.2) is 61.2 Å². The molecule has 0 aromatic heterocycles. The molecule has 0 saturated heterocycles. The lowest BCUT2D eigenvalue weighted by Crippen LogP contribution is -2.28. The number of amides is 1. The summed E-state index contributed by atoms with van der Waals surface area (Å²) in [5.41, 5.74) is 1.84. The zero-order chi connectivity index (χ0) is 19.5. The van der Waals surface area contributed by atoms with Crippen molar-refractivity contribution in [2.45, 2.75) is 13.0 Å². The maximum atomic E-state index is 12.3. The molecule has 0 radical (unpaired) electrons. The van der Waals surface area contributed by atoms with Gasteiger partial charge in [0.2, 0.25) is 0 Å². The van der Waals surface area contributed by atoms with Crippen LogP contribution in [0.1, 0.15) is 22.3 Å². The average molecular weight is 368 g/mol. The molecule has 27 heavy (non-hydrogen) atoms. The summed E-state index contributed by atoms with van der Waals surface area (Å²) in [7, 11) is 3.64. The van der Waals surface area contributed by atoms with Gasteiger partial charge in [0.15, 0.2) is 11.5 Å². The summed E-state index contributed by atoms with van der Waals surface area (Å²) in [6.07, 6.45) is 2.54. The summed E-state index contributed by atoms with van der Waals surface area (Å²) in [6.45, 7) is 6.44. The molecule has 2 aromatic carbocycles. The molecular formula is C22H28N2O3. The van der Waals surface area contributed by atoms with Gasteiger partial charge in [0.25, 0.3) is 5.91 Å². The third kappa shape index (κ3) is 6.79. The van der Waals surface area contributed by atoms with Crippen LogP contribution in [0, 0.1) is 0 Å². The molecular weight excluding hydrogens is 340 g/mol. The largest absolute Gasteiger partial charge is 0.493 e. The Morgan fingerprint density at radius 1 is 1.19 bits per heavy atom. The van der Waals surface area contributed by atoms with Gasteiger partial charge in [0.1, 0.15) is 6.61 Å². The summed E-state index contributed by atoms with van der Waals surface area (Å²) in [6, 6.07) is 15.5. The normalized spacial score (nSPS) is 10.5. The van der Waals surface area contributed by atoms with E-state index in [0.717, 1.165) is 19.5 Å². The highest BCUT2D eigenvalue weighted by Crippen LogP contribution is 2.28. The zero-order valence-electron chi connectivity index (χ0n) is 16.1. The Bertz CT molecular complexity index is 732. The second-order valence-electron chi connectivity index (χ2n) is 6.30. The number of nitrogens with one attached hydrogen (secondary N) is 1. The minimum absolute atomic E-state index is 0.116. The standard InChI is InChI=1S/C22H28N2O3/c1-4-15-27-20-12-11-19(16-21(20)26-3)22(25)23-13-8-14-24(2)17-18-9-6-5-7-10-18/h4-7,9-12,16H,1,8,13-15,17H2,2-3H3,(H,23,25). The van der Waals surface area contributed by atoms with Crippen molar-refractivity contribution in [1.82, 2.24) is 10.2 Å². The van der Waals surface area contributed by atoms with Crippen molar-refractivity contribution in [1.29, 1.82) is 0 Å². The van der Waals surface area contributed by atoms with Crippen molar-refractivity contribution in [3.63, 3.8) is 0 Å². The molecule has 0 fully saturated rings. The molecule has 0 spiro atoms. The van der Waals surface area contributed by atoms with Gasteiger partial charge in [-0.2, -0.15) is 0 Å². The molecule has 0 unspecified atom stereocenters. The van der Waals surface area contributed by atoms with E-state index in [1.165, 1.54) is 5.56 Å². The molecule has 1 N–H and O–H groups in total. The van der Waals surface area contributed by atoms with Gasteiger partial charge in [-0.3, -0.25) is 4.79 Å². The van der Waals surface area contributed by atoms with Crippen LogP contribution in [0.25, 0.3) is 0 Å². The zero-order valence-corrected chi connectivity index (χ0v) is 16.1. The summed E-state index contributed by atoms with van der Waals surface area (Å²) in [5.74, 6) is 1.01. The first-order valence-electron chi connectivity index (χ1n) is 9.06. The van der Waals surface area contributed by atoms with Gasteiger partial charge in [-0.1, -0.05) is 43.0 Å². The van der Waals surface area contributed by atoms with Gasteiger partial charge in [-0.05, 0) is 43.8 Å². The van der Waals surface area contributed by atoms with E-state index in [1.54, 1.807) is 31.4 Å². The summed E-state index contributed by atoms with van der Waals surface area (Å²) >= 11 is 0. The van der Waals surface area contributed by atoms with Crippen LogP contribution in [0.4, 0.5) is 0 Å². The Labute approximate surface area is 161 Å². The lowest BCUT2D eigenvalue weighted by atomic mass is 10.2. The van der Waals surface area contributed by atoms with E-state index in [9.17, 15) is 4.79 Å². The minimum Gasteiger partial charge on any atom is -0.493 e. The van der Waals surface area contributed by atoms with Crippen LogP contribution in [-0.2, 0) is 6.54 Å². The fourth-order valence-electron chi connectivity index (χ4n) is 2.70. The Hall–Kier alpha value is -2.79. The van der Waals surface area contributed by atoms with E-state index in [-0.39, 0.29) is 5.91 Å². The molecule has 2 aromatic rings. The Morgan fingerprint density at radius 2 is 1.96 bits per heavy atom. The highest BCUT2D eigenvalue weighted by atomic mass is 16.5. The number of benzene rings is 2. The molecule has 0 atom stereocenters. The SMILES string of the molecule is C=CCOc1ccc(C(=O)NCCCN(C)Cc2ccccc2)cc1OC. The van der Waals surface area contributed by atoms with Crippen LogP contribution >= 0.6 is 0 Å². The molecule has 144 valence electrons. The highest BCUT2D eigenvalue weighted by molar-refractivity contribution is 5.94. The van der Waals surface area contributed by atoms with Crippen LogP contribution in [0.2, 0.25) is 0 Å². The van der Waals surface area contributed by atoms with E-state index in [0.29, 0.717) is 30.2 Å². The maximum Gasteiger partial charge on any atom is 0.251 e. The third-order valence-corrected chi connectivity index (χ3v) is 4.08. The van der Waals surface area contributed by atoms with Crippen LogP contribution in [-0.4, -0.2) is 44.7 Å². The number of hydrogen-bond acceptors (Lipinski definition) is 4. The second-order valence-corrected chi connectivity index (χ2v) is 6.30. The van der Waals surface area contributed by atoms with Crippen molar-refractivity contribution in [3.8, 4) is 11.5 Å². The summed E-state index contributed by atoms with van der Waals surface area (Å²) in [4.78, 5) is 14.6. The number of ether oxygens (including phenoxy) is 2. The van der Waals surface area contributed by atoms with E-state index in [2.05, 4.69) is 36.0 Å². The van der Waals surface area contributed by atoms with Gasteiger partial charge in [0, 0.05) is 18.7 Å². The molecule has 1 amide bonds. The number of methoxy groups -OCH3 is 1. The van der Waals surface area contributed by atoms with Crippen LogP contribution < -0.4 is 14.8 Å². The number of rotatable bonds is 11. The van der Waals surface area contributed by atoms with Crippen LogP contribution in [0.3, 0.4) is 0 Å². The average Bonchev–Trinajstić information content (AvgIpc) is 2.70. The summed E-state index contributed by atoms with van der Waals surface area (Å²) < 4.78 is 10.8. The molecule has 0 heterocycles. The first-order valence-corrected chi connectivity index (χ1v) is 9.06. The van der Waals surface area contributed by atoms with Gasteiger partial charge >= 0.3 is 0 Å². The lowest BCUT2D eigenvalue weighted by molar-refractivity contribution is 0.0951. The first-order chi connectivity index (χ1) is 13.1. The highest BCUT2D eigenvalue weighted by Gasteiger charge is 2.11. The van der Waals surface area contributed by atoms with Crippen LogP contribution in [0.5, 0.6) is 11.5 Å². The number of carbonyl (C=O) groups excluding carboxylic acids is 1. The predicted octanol–water partition coefficient (Wildman–Crippen LogP) is 3.51. The van der Waals surface area contributed by atoms with E-state index in [1.807, 2.05) is 18.2 Å². The molecule has 0 saturated carbocycles. The van der Waals surface area contributed by atoms with Gasteiger partial charge in [-0.15, -0.1) is 0 Å². The smallest absolute Gasteiger partial charge is 0.251 e. The Kier molecular flexibility index (Phi) is 8.39. The minimum atomic E-state index is -0.116. The predicted molar refractivity (Wildman–Crippen MR) is 108 cm³/mol.